The van der Waals surface area contributed by atoms with Crippen LogP contribution in [-0.4, -0.2) is 37.2 Å². The quantitative estimate of drug-likeness (QED) is 0.0261. The molecule has 83 heavy (non-hydrogen) atoms. The van der Waals surface area contributed by atoms with Gasteiger partial charge in [0.25, 0.3) is 0 Å². The van der Waals surface area contributed by atoms with Crippen LogP contribution in [0, 0.1) is 0 Å². The Hall–Kier alpha value is -6.01. The van der Waals surface area contributed by atoms with Crippen LogP contribution in [0.2, 0.25) is 0 Å². The largest absolute Gasteiger partial charge is 0.462 e. The third kappa shape index (κ3) is 66.7. The van der Waals surface area contributed by atoms with E-state index in [-0.39, 0.29) is 44.4 Å². The number of unbranched alkanes of at least 4 members (excludes halogenated alkanes) is 12. The Morgan fingerprint density at radius 1 is 0.265 bits per heavy atom. The Kier molecular flexibility index (Phi) is 63.5. The molecule has 0 saturated carbocycles. The lowest BCUT2D eigenvalue weighted by atomic mass is 10.1. The summed E-state index contributed by atoms with van der Waals surface area (Å²) in [5.74, 6) is -1.13. The summed E-state index contributed by atoms with van der Waals surface area (Å²) in [6.07, 6.45) is 106. The Morgan fingerprint density at radius 3 is 0.855 bits per heavy atom. The predicted molar refractivity (Wildman–Crippen MR) is 361 cm³/mol. The number of allylic oxidation sites excluding steroid dienone is 33. The molecule has 0 N–H and O–H groups in total. The molecule has 6 heteroatoms. The number of ether oxygens (including phenoxy) is 3. The fourth-order valence-corrected chi connectivity index (χ4v) is 7.98. The molecule has 0 aliphatic rings. The zero-order valence-corrected chi connectivity index (χ0v) is 52.6. The van der Waals surface area contributed by atoms with Crippen LogP contribution >= 0.6 is 0 Å². The van der Waals surface area contributed by atoms with Gasteiger partial charge in [0.1, 0.15) is 13.2 Å². The first-order chi connectivity index (χ1) is 41.0. The maximum absolute atomic E-state index is 12.9. The van der Waals surface area contributed by atoms with Crippen LogP contribution in [0.15, 0.2) is 207 Å². The summed E-state index contributed by atoms with van der Waals surface area (Å²) in [7, 11) is 0. The van der Waals surface area contributed by atoms with Crippen LogP contribution in [0.25, 0.3) is 0 Å². The normalized spacial score (nSPS) is 13.5. The van der Waals surface area contributed by atoms with Crippen molar-refractivity contribution in [2.45, 2.75) is 245 Å². The topological polar surface area (TPSA) is 78.9 Å². The van der Waals surface area contributed by atoms with E-state index in [0.717, 1.165) is 161 Å². The summed E-state index contributed by atoms with van der Waals surface area (Å²) in [5.41, 5.74) is 0. The van der Waals surface area contributed by atoms with Crippen molar-refractivity contribution in [3.05, 3.63) is 207 Å². The minimum Gasteiger partial charge on any atom is -0.462 e. The van der Waals surface area contributed by atoms with E-state index in [1.54, 1.807) is 6.08 Å². The van der Waals surface area contributed by atoms with Gasteiger partial charge in [-0.1, -0.05) is 272 Å². The first kappa shape index (κ1) is 77.0. The maximum Gasteiger partial charge on any atom is 0.309 e. The molecule has 0 amide bonds. The number of rotatable bonds is 56. The average Bonchev–Trinajstić information content (AvgIpc) is 3.49. The highest BCUT2D eigenvalue weighted by molar-refractivity contribution is 5.72. The molecule has 0 rings (SSSR count). The Bertz CT molecular complexity index is 2030. The van der Waals surface area contributed by atoms with Crippen LogP contribution in [0.3, 0.4) is 0 Å². The number of esters is 3. The molecule has 1 atom stereocenters. The van der Waals surface area contributed by atoms with E-state index in [1.165, 1.54) is 38.5 Å². The summed E-state index contributed by atoms with van der Waals surface area (Å²) < 4.78 is 16.8. The number of carbonyl (C=O) groups excluding carboxylic acids is 3. The molecule has 6 nitrogen and oxygen atoms in total. The lowest BCUT2D eigenvalue weighted by Crippen LogP contribution is -2.30. The monoisotopic (exact) mass is 1140 g/mol. The van der Waals surface area contributed by atoms with Gasteiger partial charge < -0.3 is 14.2 Å². The van der Waals surface area contributed by atoms with Crippen molar-refractivity contribution in [1.29, 1.82) is 0 Å². The average molecular weight is 1140 g/mol. The van der Waals surface area contributed by atoms with Crippen LogP contribution in [0.1, 0.15) is 239 Å². The van der Waals surface area contributed by atoms with Crippen LogP contribution in [0.5, 0.6) is 0 Å². The van der Waals surface area contributed by atoms with Crippen LogP contribution < -0.4 is 0 Å². The van der Waals surface area contributed by atoms with Gasteiger partial charge in [0, 0.05) is 12.8 Å². The van der Waals surface area contributed by atoms with Crippen molar-refractivity contribution in [3.8, 4) is 0 Å². The number of hydrogen-bond acceptors (Lipinski definition) is 6. The maximum atomic E-state index is 12.9. The summed E-state index contributed by atoms with van der Waals surface area (Å²) >= 11 is 0. The first-order valence-corrected chi connectivity index (χ1v) is 32.6. The second-order valence-electron chi connectivity index (χ2n) is 20.6. The molecule has 0 aliphatic carbocycles. The standard InChI is InChI=1S/C77H116O6/c1-4-7-10-13-16-19-22-25-28-30-32-33-34-35-36-37-38-39-40-41-42-43-45-46-49-52-55-58-61-64-67-70-76(79)82-73-74(72-81-75(78)69-66-63-60-57-54-51-48-27-24-21-18-15-12-9-6-3)83-77(80)71-68-65-62-59-56-53-50-47-44-31-29-26-23-20-17-14-11-8-5-2/h7,9-10,12,16-21,25-29,32-33,35-36,38-39,41-42,44-48,52,54-55,57,63,66,74H,4-6,8,11,13-15,22-24,30-31,34,37,40,43,49-51,53,56,58-62,64-65,67-73H2,1-3H3/b10-7-,12-9-,19-16-,20-17-,21-18-,28-25-,29-26-,33-32-,36-35-,39-38-,42-41-,46-45-,47-44-,48-27-,55-52-,57-54-,66-63-. The summed E-state index contributed by atoms with van der Waals surface area (Å²) in [4.78, 5) is 38.3. The summed E-state index contributed by atoms with van der Waals surface area (Å²) in [6, 6.07) is 0. The van der Waals surface area contributed by atoms with Crippen molar-refractivity contribution >= 4 is 17.9 Å². The molecule has 0 aromatic rings. The zero-order valence-electron chi connectivity index (χ0n) is 52.6. The fourth-order valence-electron chi connectivity index (χ4n) is 7.98. The highest BCUT2D eigenvalue weighted by Crippen LogP contribution is 2.12. The molecule has 0 fully saturated rings. The Morgan fingerprint density at radius 2 is 0.518 bits per heavy atom. The second kappa shape index (κ2) is 68.5. The van der Waals surface area contributed by atoms with Gasteiger partial charge >= 0.3 is 17.9 Å². The highest BCUT2D eigenvalue weighted by atomic mass is 16.6. The van der Waals surface area contributed by atoms with Gasteiger partial charge in [0.15, 0.2) is 6.10 Å². The van der Waals surface area contributed by atoms with E-state index < -0.39 is 12.1 Å². The van der Waals surface area contributed by atoms with Gasteiger partial charge in [-0.3, -0.25) is 14.4 Å². The molecule has 460 valence electrons. The molecular formula is C77H116O6. The number of carbonyl (C=O) groups is 3. The third-order valence-corrected chi connectivity index (χ3v) is 12.8. The van der Waals surface area contributed by atoms with E-state index in [1.807, 2.05) is 6.08 Å². The van der Waals surface area contributed by atoms with E-state index in [4.69, 9.17) is 14.2 Å². The van der Waals surface area contributed by atoms with E-state index in [9.17, 15) is 14.4 Å². The SMILES string of the molecule is CC/C=C\C/C=C\C/C=C\C/C=C\C/C=C\C/C=C\C/C=C\C/C=C\C/C=C\CCCCCC(=O)OCC(COC(=O)C/C=C\C/C=C\C/C=C\C/C=C\C/C=C\CC)OC(=O)CCCCCCCC/C=C\C/C=C\C/C=C\CCCCC. The Labute approximate surface area is 509 Å². The van der Waals surface area contributed by atoms with Crippen molar-refractivity contribution in [2.24, 2.45) is 0 Å². The van der Waals surface area contributed by atoms with Crippen molar-refractivity contribution in [2.75, 3.05) is 13.2 Å². The first-order valence-electron chi connectivity index (χ1n) is 32.6. The van der Waals surface area contributed by atoms with Gasteiger partial charge in [-0.05, 0) is 154 Å². The smallest absolute Gasteiger partial charge is 0.309 e. The third-order valence-electron chi connectivity index (χ3n) is 12.8. The number of hydrogen-bond donors (Lipinski definition) is 0. The van der Waals surface area contributed by atoms with Crippen molar-refractivity contribution in [1.82, 2.24) is 0 Å². The van der Waals surface area contributed by atoms with Crippen molar-refractivity contribution in [3.63, 3.8) is 0 Å². The van der Waals surface area contributed by atoms with E-state index in [2.05, 4.69) is 215 Å². The molecule has 0 radical (unpaired) electrons. The van der Waals surface area contributed by atoms with Gasteiger partial charge in [-0.15, -0.1) is 0 Å². The molecule has 0 bridgehead atoms. The molecule has 0 aliphatic heterocycles. The van der Waals surface area contributed by atoms with Gasteiger partial charge in [0.05, 0.1) is 6.42 Å². The lowest BCUT2D eigenvalue weighted by Gasteiger charge is -2.18. The lowest BCUT2D eigenvalue weighted by molar-refractivity contribution is -0.166. The molecule has 0 spiro atoms. The van der Waals surface area contributed by atoms with Gasteiger partial charge in [-0.25, -0.2) is 0 Å². The minimum atomic E-state index is -0.854. The van der Waals surface area contributed by atoms with Gasteiger partial charge in [-0.2, -0.15) is 0 Å². The zero-order chi connectivity index (χ0) is 59.9. The minimum absolute atomic E-state index is 0.106. The molecule has 1 unspecified atom stereocenters. The van der Waals surface area contributed by atoms with E-state index in [0.29, 0.717) is 0 Å². The fraction of sp³-hybridized carbons (Fsp3) is 0.519. The molecular weight excluding hydrogens is 1020 g/mol. The highest BCUT2D eigenvalue weighted by Gasteiger charge is 2.19. The van der Waals surface area contributed by atoms with Crippen LogP contribution in [0.4, 0.5) is 0 Å². The van der Waals surface area contributed by atoms with Crippen molar-refractivity contribution < 1.29 is 28.6 Å². The van der Waals surface area contributed by atoms with Gasteiger partial charge in [0.2, 0.25) is 0 Å². The molecule has 0 aromatic heterocycles. The second-order valence-corrected chi connectivity index (χ2v) is 20.6. The van der Waals surface area contributed by atoms with E-state index >= 15 is 0 Å². The Balaban J connectivity index is 4.54. The molecule has 0 heterocycles. The predicted octanol–water partition coefficient (Wildman–Crippen LogP) is 22.8. The van der Waals surface area contributed by atoms with Crippen LogP contribution in [-0.2, 0) is 28.6 Å². The molecule has 0 aromatic carbocycles. The summed E-state index contributed by atoms with van der Waals surface area (Å²) in [5, 5.41) is 0. The summed E-state index contributed by atoms with van der Waals surface area (Å²) in [6.45, 7) is 6.24. The molecule has 0 saturated heterocycles.